The van der Waals surface area contributed by atoms with Gasteiger partial charge in [0.15, 0.2) is 0 Å². The number of rotatable bonds is 5. The molecule has 2 rings (SSSR count). The molecule has 2 aromatic carbocycles. The lowest BCUT2D eigenvalue weighted by molar-refractivity contribution is -0.274. The Balaban J connectivity index is 2.28. The van der Waals surface area contributed by atoms with Gasteiger partial charge in [-0.1, -0.05) is 12.1 Å². The van der Waals surface area contributed by atoms with Gasteiger partial charge in [0.1, 0.15) is 5.75 Å². The molecule has 0 aliphatic heterocycles. The molecule has 0 spiro atoms. The van der Waals surface area contributed by atoms with E-state index in [1.54, 1.807) is 14.1 Å². The number of benzene rings is 2. The normalized spacial score (nSPS) is 11.7. The van der Waals surface area contributed by atoms with Gasteiger partial charge in [-0.25, -0.2) is 8.42 Å². The molecule has 6 nitrogen and oxygen atoms in total. The van der Waals surface area contributed by atoms with Gasteiger partial charge < -0.3 is 9.64 Å². The number of alkyl halides is 3. The smallest absolute Gasteiger partial charge is 0.406 e. The minimum absolute atomic E-state index is 0.0971. The maximum atomic E-state index is 12.4. The van der Waals surface area contributed by atoms with Crippen molar-refractivity contribution in [2.75, 3.05) is 18.8 Å². The summed E-state index contributed by atoms with van der Waals surface area (Å²) < 4.78 is 67.6. The van der Waals surface area contributed by atoms with Crippen molar-refractivity contribution in [2.24, 2.45) is 0 Å². The summed E-state index contributed by atoms with van der Waals surface area (Å²) in [6, 6.07) is 9.74. The Bertz CT molecular complexity index is 912. The number of sulfonamides is 1. The van der Waals surface area contributed by atoms with Gasteiger partial charge in [-0.3, -0.25) is 9.52 Å². The summed E-state index contributed by atoms with van der Waals surface area (Å²) in [7, 11) is -1.08. The fraction of sp³-hybridized carbons (Fsp3) is 0.188. The van der Waals surface area contributed by atoms with Crippen LogP contribution in [0.15, 0.2) is 53.4 Å². The van der Waals surface area contributed by atoms with E-state index in [2.05, 4.69) is 9.46 Å². The van der Waals surface area contributed by atoms with Crippen LogP contribution < -0.4 is 9.46 Å². The Morgan fingerprint density at radius 3 is 2.35 bits per heavy atom. The average Bonchev–Trinajstić information content (AvgIpc) is 2.52. The number of hydrogen-bond acceptors (Lipinski definition) is 4. The summed E-state index contributed by atoms with van der Waals surface area (Å²) >= 11 is 0. The van der Waals surface area contributed by atoms with E-state index in [-0.39, 0.29) is 17.2 Å². The van der Waals surface area contributed by atoms with Crippen molar-refractivity contribution in [3.8, 4) is 5.75 Å². The summed E-state index contributed by atoms with van der Waals surface area (Å²) in [5, 5.41) is 0. The fourth-order valence-electron chi connectivity index (χ4n) is 2.03. The predicted octanol–water partition coefficient (Wildman–Crippen LogP) is 3.09. The number of amides is 1. The molecule has 0 unspecified atom stereocenters. The molecule has 0 aliphatic rings. The summed E-state index contributed by atoms with van der Waals surface area (Å²) in [6.45, 7) is 0. The van der Waals surface area contributed by atoms with Crippen molar-refractivity contribution in [3.05, 3.63) is 54.1 Å². The first-order valence-corrected chi connectivity index (χ1v) is 8.66. The van der Waals surface area contributed by atoms with E-state index in [1.807, 2.05) is 0 Å². The molecule has 0 atom stereocenters. The zero-order valence-corrected chi connectivity index (χ0v) is 14.6. The van der Waals surface area contributed by atoms with Crippen molar-refractivity contribution >= 4 is 21.6 Å². The SMILES string of the molecule is CN(C)C(=O)c1cccc(NS(=O)(=O)c2cccc(OC(F)(F)F)c2)c1. The van der Waals surface area contributed by atoms with Crippen molar-refractivity contribution < 1.29 is 31.1 Å². The van der Waals surface area contributed by atoms with Crippen molar-refractivity contribution in [1.29, 1.82) is 0 Å². The van der Waals surface area contributed by atoms with Crippen LogP contribution in [-0.2, 0) is 10.0 Å². The lowest BCUT2D eigenvalue weighted by atomic mass is 10.2. The first kappa shape index (κ1) is 19.6. The molecule has 1 amide bonds. The van der Waals surface area contributed by atoms with Gasteiger partial charge in [0.05, 0.1) is 4.90 Å². The highest BCUT2D eigenvalue weighted by molar-refractivity contribution is 7.92. The molecule has 0 fully saturated rings. The van der Waals surface area contributed by atoms with E-state index in [0.717, 1.165) is 24.3 Å². The standard InChI is InChI=1S/C16H15F3N2O4S/c1-21(2)15(22)11-5-3-6-12(9-11)20-26(23,24)14-8-4-7-13(10-14)25-16(17,18)19/h3-10,20H,1-2H3. The molecular weight excluding hydrogens is 373 g/mol. The Hall–Kier alpha value is -2.75. The van der Waals surface area contributed by atoms with Crippen molar-refractivity contribution in [3.63, 3.8) is 0 Å². The second-order valence-electron chi connectivity index (χ2n) is 5.41. The number of carbonyl (C=O) groups excluding carboxylic acids is 1. The Morgan fingerprint density at radius 2 is 1.73 bits per heavy atom. The number of nitrogens with zero attached hydrogens (tertiary/aromatic N) is 1. The molecule has 0 aromatic heterocycles. The van der Waals surface area contributed by atoms with Gasteiger partial charge in [0.2, 0.25) is 0 Å². The van der Waals surface area contributed by atoms with Crippen LogP contribution in [0.1, 0.15) is 10.4 Å². The number of hydrogen-bond donors (Lipinski definition) is 1. The molecule has 0 radical (unpaired) electrons. The van der Waals surface area contributed by atoms with E-state index in [0.29, 0.717) is 0 Å². The highest BCUT2D eigenvalue weighted by atomic mass is 32.2. The number of nitrogens with one attached hydrogen (secondary N) is 1. The summed E-state index contributed by atoms with van der Waals surface area (Å²) in [6.07, 6.45) is -4.93. The molecule has 1 N–H and O–H groups in total. The highest BCUT2D eigenvalue weighted by Gasteiger charge is 2.31. The van der Waals surface area contributed by atoms with Crippen LogP contribution in [0.25, 0.3) is 0 Å². The summed E-state index contributed by atoms with van der Waals surface area (Å²) in [4.78, 5) is 12.8. The van der Waals surface area contributed by atoms with E-state index in [4.69, 9.17) is 0 Å². The van der Waals surface area contributed by atoms with Crippen LogP contribution in [0.4, 0.5) is 18.9 Å². The molecule has 10 heteroatoms. The second kappa shape index (κ2) is 7.24. The van der Waals surface area contributed by atoms with E-state index in [9.17, 15) is 26.4 Å². The molecule has 140 valence electrons. The molecular formula is C16H15F3N2O4S. The first-order chi connectivity index (χ1) is 12.0. The van der Waals surface area contributed by atoms with E-state index < -0.39 is 27.0 Å². The topological polar surface area (TPSA) is 75.7 Å². The molecule has 0 aliphatic carbocycles. The third kappa shape index (κ3) is 5.12. The number of anilines is 1. The van der Waals surface area contributed by atoms with Crippen molar-refractivity contribution in [2.45, 2.75) is 11.3 Å². The minimum atomic E-state index is -4.93. The van der Waals surface area contributed by atoms with Crippen LogP contribution in [0.5, 0.6) is 5.75 Å². The predicted molar refractivity (Wildman–Crippen MR) is 88.4 cm³/mol. The highest BCUT2D eigenvalue weighted by Crippen LogP contribution is 2.26. The Labute approximate surface area is 148 Å². The van der Waals surface area contributed by atoms with E-state index in [1.165, 1.54) is 29.2 Å². The van der Waals surface area contributed by atoms with Crippen LogP contribution in [0, 0.1) is 0 Å². The minimum Gasteiger partial charge on any atom is -0.406 e. The number of carbonyl (C=O) groups is 1. The number of ether oxygens (including phenoxy) is 1. The molecule has 0 saturated carbocycles. The zero-order chi connectivity index (χ0) is 19.5. The maximum Gasteiger partial charge on any atom is 0.573 e. The van der Waals surface area contributed by atoms with Crippen LogP contribution in [-0.4, -0.2) is 39.7 Å². The molecule has 0 bridgehead atoms. The molecule has 0 saturated heterocycles. The third-order valence-corrected chi connectivity index (χ3v) is 4.50. The third-order valence-electron chi connectivity index (χ3n) is 3.12. The lowest BCUT2D eigenvalue weighted by Gasteiger charge is -2.13. The van der Waals surface area contributed by atoms with Gasteiger partial charge in [0.25, 0.3) is 15.9 Å². The summed E-state index contributed by atoms with van der Waals surface area (Å²) in [5.74, 6) is -0.983. The van der Waals surface area contributed by atoms with Crippen LogP contribution >= 0.6 is 0 Å². The van der Waals surface area contributed by atoms with Gasteiger partial charge in [0, 0.05) is 31.4 Å². The molecule has 0 heterocycles. The van der Waals surface area contributed by atoms with Gasteiger partial charge in [-0.05, 0) is 30.3 Å². The monoisotopic (exact) mass is 388 g/mol. The van der Waals surface area contributed by atoms with Crippen LogP contribution in [0.2, 0.25) is 0 Å². The second-order valence-corrected chi connectivity index (χ2v) is 7.09. The Morgan fingerprint density at radius 1 is 1.08 bits per heavy atom. The molecule has 26 heavy (non-hydrogen) atoms. The lowest BCUT2D eigenvalue weighted by Crippen LogP contribution is -2.22. The molecule has 2 aromatic rings. The fourth-order valence-corrected chi connectivity index (χ4v) is 3.11. The van der Waals surface area contributed by atoms with Crippen LogP contribution in [0.3, 0.4) is 0 Å². The quantitative estimate of drug-likeness (QED) is 0.854. The van der Waals surface area contributed by atoms with Gasteiger partial charge in [-0.2, -0.15) is 0 Å². The van der Waals surface area contributed by atoms with Gasteiger partial charge in [-0.15, -0.1) is 13.2 Å². The number of halogens is 3. The first-order valence-electron chi connectivity index (χ1n) is 7.18. The Kier molecular flexibility index (Phi) is 5.45. The zero-order valence-electron chi connectivity index (χ0n) is 13.7. The average molecular weight is 388 g/mol. The van der Waals surface area contributed by atoms with E-state index >= 15 is 0 Å². The van der Waals surface area contributed by atoms with Crippen molar-refractivity contribution in [1.82, 2.24) is 4.90 Å². The largest absolute Gasteiger partial charge is 0.573 e. The van der Waals surface area contributed by atoms with Gasteiger partial charge >= 0.3 is 6.36 Å². The maximum absolute atomic E-state index is 12.4. The summed E-state index contributed by atoms with van der Waals surface area (Å²) in [5.41, 5.74) is 0.351.